The highest BCUT2D eigenvalue weighted by atomic mass is 16.2. The third-order valence-corrected chi connectivity index (χ3v) is 4.02. The molecule has 0 spiro atoms. The third-order valence-electron chi connectivity index (χ3n) is 4.02. The molecule has 6 heteroatoms. The topological polar surface area (TPSA) is 83.5 Å². The normalized spacial score (nSPS) is 11.7. The van der Waals surface area contributed by atoms with E-state index in [4.69, 9.17) is 0 Å². The minimum absolute atomic E-state index is 0.0625. The molecule has 2 N–H and O–H groups in total. The quantitative estimate of drug-likeness (QED) is 0.494. The molecule has 0 bridgehead atoms. The van der Waals surface area contributed by atoms with Gasteiger partial charge in [0, 0.05) is 23.5 Å². The van der Waals surface area contributed by atoms with E-state index in [1.807, 2.05) is 42.5 Å². The number of pyridine rings is 1. The van der Waals surface area contributed by atoms with Crippen LogP contribution in [0.1, 0.15) is 33.9 Å². The van der Waals surface area contributed by atoms with E-state index < -0.39 is 6.04 Å². The Hall–Kier alpha value is -3.80. The number of nitrogens with zero attached hydrogens (tertiary/aromatic N) is 2. The number of aromatic nitrogens is 1. The standard InChI is InChI=1S/C22H20N4O2/c27-21(26-24-16-17-8-7-13-23-15-17)14-20(18-9-3-1-4-10-18)25-22(28)19-11-5-2-6-12-19/h1-13,15-16,20H,14H2,(H,25,28)(H,26,27)/b24-16-/t20-/m1/s1. The highest BCUT2D eigenvalue weighted by molar-refractivity contribution is 5.94. The highest BCUT2D eigenvalue weighted by Gasteiger charge is 2.19. The second-order valence-electron chi connectivity index (χ2n) is 6.09. The van der Waals surface area contributed by atoms with Crippen LogP contribution in [-0.4, -0.2) is 23.0 Å². The van der Waals surface area contributed by atoms with Crippen LogP contribution in [0.4, 0.5) is 0 Å². The van der Waals surface area contributed by atoms with E-state index >= 15 is 0 Å². The number of rotatable bonds is 7. The molecular formula is C22H20N4O2. The van der Waals surface area contributed by atoms with E-state index in [-0.39, 0.29) is 18.2 Å². The zero-order valence-electron chi connectivity index (χ0n) is 15.2. The molecule has 0 unspecified atom stereocenters. The second kappa shape index (κ2) is 9.78. The zero-order valence-corrected chi connectivity index (χ0v) is 15.2. The van der Waals surface area contributed by atoms with Crippen LogP contribution in [0.15, 0.2) is 90.3 Å². The lowest BCUT2D eigenvalue weighted by molar-refractivity contribution is -0.121. The van der Waals surface area contributed by atoms with Crippen molar-refractivity contribution in [3.8, 4) is 0 Å². The van der Waals surface area contributed by atoms with Crippen molar-refractivity contribution in [3.63, 3.8) is 0 Å². The molecule has 140 valence electrons. The van der Waals surface area contributed by atoms with Gasteiger partial charge in [0.1, 0.15) is 0 Å². The van der Waals surface area contributed by atoms with Crippen LogP contribution in [0.5, 0.6) is 0 Å². The van der Waals surface area contributed by atoms with Gasteiger partial charge in [0.25, 0.3) is 5.91 Å². The van der Waals surface area contributed by atoms with Gasteiger partial charge < -0.3 is 5.32 Å². The summed E-state index contributed by atoms with van der Waals surface area (Å²) in [6.45, 7) is 0. The van der Waals surface area contributed by atoms with Crippen molar-refractivity contribution in [1.82, 2.24) is 15.7 Å². The van der Waals surface area contributed by atoms with Crippen LogP contribution in [0.3, 0.4) is 0 Å². The second-order valence-corrected chi connectivity index (χ2v) is 6.09. The lowest BCUT2D eigenvalue weighted by Gasteiger charge is -2.18. The Morgan fingerprint density at radius 3 is 2.36 bits per heavy atom. The summed E-state index contributed by atoms with van der Waals surface area (Å²) in [5.41, 5.74) is 4.66. The third kappa shape index (κ3) is 5.60. The molecule has 0 saturated heterocycles. The summed E-state index contributed by atoms with van der Waals surface area (Å²) in [7, 11) is 0. The van der Waals surface area contributed by atoms with Gasteiger partial charge in [-0.2, -0.15) is 5.10 Å². The summed E-state index contributed by atoms with van der Waals surface area (Å²) in [4.78, 5) is 28.9. The number of nitrogens with one attached hydrogen (secondary N) is 2. The number of hydrazone groups is 1. The van der Waals surface area contributed by atoms with E-state index in [9.17, 15) is 9.59 Å². The lowest BCUT2D eigenvalue weighted by atomic mass is 10.0. The lowest BCUT2D eigenvalue weighted by Crippen LogP contribution is -2.32. The number of carbonyl (C=O) groups is 2. The first-order valence-corrected chi connectivity index (χ1v) is 8.85. The van der Waals surface area contributed by atoms with Gasteiger partial charge in [-0.15, -0.1) is 0 Å². The molecule has 2 aromatic carbocycles. The van der Waals surface area contributed by atoms with Crippen molar-refractivity contribution in [2.24, 2.45) is 5.10 Å². The van der Waals surface area contributed by atoms with E-state index in [1.165, 1.54) is 6.21 Å². The Balaban J connectivity index is 1.66. The largest absolute Gasteiger partial charge is 0.345 e. The van der Waals surface area contributed by atoms with Gasteiger partial charge >= 0.3 is 0 Å². The Morgan fingerprint density at radius 2 is 1.68 bits per heavy atom. The van der Waals surface area contributed by atoms with Gasteiger partial charge in [0.05, 0.1) is 18.7 Å². The van der Waals surface area contributed by atoms with Gasteiger partial charge in [-0.25, -0.2) is 5.43 Å². The van der Waals surface area contributed by atoms with Crippen LogP contribution in [-0.2, 0) is 4.79 Å². The molecule has 0 aliphatic heterocycles. The summed E-state index contributed by atoms with van der Waals surface area (Å²) >= 11 is 0. The minimum Gasteiger partial charge on any atom is -0.345 e. The molecular weight excluding hydrogens is 352 g/mol. The Morgan fingerprint density at radius 1 is 0.964 bits per heavy atom. The maximum absolute atomic E-state index is 12.5. The maximum atomic E-state index is 12.5. The van der Waals surface area contributed by atoms with Crippen LogP contribution in [0.25, 0.3) is 0 Å². The number of benzene rings is 2. The van der Waals surface area contributed by atoms with E-state index in [1.54, 1.807) is 42.7 Å². The van der Waals surface area contributed by atoms with Crippen molar-refractivity contribution >= 4 is 18.0 Å². The molecule has 0 saturated carbocycles. The van der Waals surface area contributed by atoms with E-state index in [0.717, 1.165) is 11.1 Å². The van der Waals surface area contributed by atoms with Crippen molar-refractivity contribution in [2.75, 3.05) is 0 Å². The first kappa shape index (κ1) is 19.0. The summed E-state index contributed by atoms with van der Waals surface area (Å²) in [5.74, 6) is -0.538. The molecule has 28 heavy (non-hydrogen) atoms. The molecule has 0 radical (unpaired) electrons. The molecule has 1 heterocycles. The average molecular weight is 372 g/mol. The zero-order chi connectivity index (χ0) is 19.6. The van der Waals surface area contributed by atoms with Crippen molar-refractivity contribution in [2.45, 2.75) is 12.5 Å². The van der Waals surface area contributed by atoms with Crippen molar-refractivity contribution < 1.29 is 9.59 Å². The molecule has 3 aromatic rings. The SMILES string of the molecule is O=C(C[C@@H](NC(=O)c1ccccc1)c1ccccc1)N/N=C\c1cccnc1. The summed E-state index contributed by atoms with van der Waals surface area (Å²) in [6, 6.07) is 21.4. The van der Waals surface area contributed by atoms with Crippen molar-refractivity contribution in [3.05, 3.63) is 102 Å². The average Bonchev–Trinajstić information content (AvgIpc) is 2.75. The van der Waals surface area contributed by atoms with E-state index in [0.29, 0.717) is 5.56 Å². The maximum Gasteiger partial charge on any atom is 0.251 e. The van der Waals surface area contributed by atoms with Crippen LogP contribution >= 0.6 is 0 Å². The van der Waals surface area contributed by atoms with Gasteiger partial charge in [-0.3, -0.25) is 14.6 Å². The molecule has 0 aliphatic rings. The molecule has 2 amide bonds. The molecule has 1 atom stereocenters. The molecule has 3 rings (SSSR count). The fourth-order valence-electron chi connectivity index (χ4n) is 2.63. The van der Waals surface area contributed by atoms with Crippen LogP contribution < -0.4 is 10.7 Å². The number of hydrogen-bond acceptors (Lipinski definition) is 4. The first-order chi connectivity index (χ1) is 13.7. The fraction of sp³-hybridized carbons (Fsp3) is 0.0909. The Kier molecular flexibility index (Phi) is 6.62. The van der Waals surface area contributed by atoms with Crippen LogP contribution in [0, 0.1) is 0 Å². The number of hydrogen-bond donors (Lipinski definition) is 2. The molecule has 0 fully saturated rings. The van der Waals surface area contributed by atoms with Gasteiger partial charge in [0.15, 0.2) is 0 Å². The summed E-state index contributed by atoms with van der Waals surface area (Å²) in [5, 5.41) is 6.88. The van der Waals surface area contributed by atoms with E-state index in [2.05, 4.69) is 20.8 Å². The van der Waals surface area contributed by atoms with Gasteiger partial charge in [-0.1, -0.05) is 54.6 Å². The van der Waals surface area contributed by atoms with Gasteiger partial charge in [0.2, 0.25) is 5.91 Å². The molecule has 0 aliphatic carbocycles. The molecule has 1 aromatic heterocycles. The fourth-order valence-corrected chi connectivity index (χ4v) is 2.63. The number of carbonyl (C=O) groups excluding carboxylic acids is 2. The summed E-state index contributed by atoms with van der Waals surface area (Å²) in [6.07, 6.45) is 4.89. The molecule has 6 nitrogen and oxygen atoms in total. The number of amides is 2. The van der Waals surface area contributed by atoms with Crippen LogP contribution in [0.2, 0.25) is 0 Å². The predicted octanol–water partition coefficient (Wildman–Crippen LogP) is 3.09. The monoisotopic (exact) mass is 372 g/mol. The minimum atomic E-state index is -0.470. The first-order valence-electron chi connectivity index (χ1n) is 8.85. The highest BCUT2D eigenvalue weighted by Crippen LogP contribution is 2.17. The Bertz CT molecular complexity index is 929. The van der Waals surface area contributed by atoms with Gasteiger partial charge in [-0.05, 0) is 23.8 Å². The summed E-state index contributed by atoms with van der Waals surface area (Å²) < 4.78 is 0. The predicted molar refractivity (Wildman–Crippen MR) is 108 cm³/mol. The van der Waals surface area contributed by atoms with Crippen molar-refractivity contribution in [1.29, 1.82) is 0 Å². The Labute approximate surface area is 163 Å². The smallest absolute Gasteiger partial charge is 0.251 e.